The minimum absolute atomic E-state index is 0.333. The zero-order chi connectivity index (χ0) is 38.2. The maximum absolute atomic E-state index is 2.81. The highest BCUT2D eigenvalue weighted by atomic mass is 15.5. The lowest BCUT2D eigenvalue weighted by Crippen LogP contribution is -2.40. The number of nitrogens with zero attached hydrogens (tertiary/aromatic N) is 4. The second-order valence-corrected chi connectivity index (χ2v) is 17.0. The van der Waals surface area contributed by atoms with Crippen molar-refractivity contribution in [3.8, 4) is 0 Å². The zero-order valence-corrected chi connectivity index (χ0v) is 32.9. The average molecular weight is 753 g/mol. The molecular weight excluding hydrogens is 705 g/mol. The van der Waals surface area contributed by atoms with Crippen molar-refractivity contribution in [1.82, 2.24) is 0 Å². The minimum Gasteiger partial charge on any atom is -0.320 e. The lowest BCUT2D eigenvalue weighted by Gasteiger charge is -2.36. The molecule has 4 unspecified atom stereocenters. The Balaban J connectivity index is 1.16. The van der Waals surface area contributed by atoms with Gasteiger partial charge in [-0.25, -0.2) is 0 Å². The van der Waals surface area contributed by atoms with Crippen LogP contribution in [0.5, 0.6) is 0 Å². The molecule has 8 aromatic carbocycles. The van der Waals surface area contributed by atoms with Gasteiger partial charge in [-0.2, -0.15) is 0 Å². The molecule has 2 aliphatic carbocycles. The lowest BCUT2D eigenvalue weighted by molar-refractivity contribution is 0.409. The minimum atomic E-state index is 0.333. The van der Waals surface area contributed by atoms with Crippen molar-refractivity contribution < 1.29 is 0 Å². The Hall–Kier alpha value is -6.26. The predicted octanol–water partition coefficient (Wildman–Crippen LogP) is 13.4. The maximum Gasteiger partial charge on any atom is 0.156 e. The normalized spacial score (nSPS) is 22.1. The zero-order valence-electron chi connectivity index (χ0n) is 32.9. The standard InChI is InChI=1S/C54H48N4/c1-3-17-41(18-4-1)55-49-23-11-12-24-50(49)56(42-19-5-2-6-20-42)53(55)54-57(43-31-33-47-39(35-43)29-27-37-15-7-9-21-45(37)47)51-25-13-14-26-52(51)58(54)44-32-34-48-40(36-44)30-28-38-16-8-10-22-46(38)48/h1-10,15-22,27-36,49-52H,11-14,23-26H2. The van der Waals surface area contributed by atoms with E-state index in [1.807, 2.05) is 0 Å². The molecule has 58 heavy (non-hydrogen) atoms. The van der Waals surface area contributed by atoms with Crippen LogP contribution in [0.3, 0.4) is 0 Å². The van der Waals surface area contributed by atoms with E-state index < -0.39 is 0 Å². The van der Waals surface area contributed by atoms with Crippen LogP contribution in [0, 0.1) is 0 Å². The van der Waals surface area contributed by atoms with Crippen LogP contribution in [-0.4, -0.2) is 24.2 Å². The summed E-state index contributed by atoms with van der Waals surface area (Å²) in [5.41, 5.74) is 5.13. The Bertz CT molecular complexity index is 2670. The van der Waals surface area contributed by atoms with Crippen LogP contribution in [0.4, 0.5) is 22.7 Å². The van der Waals surface area contributed by atoms with Gasteiger partial charge in [0.15, 0.2) is 11.6 Å². The van der Waals surface area contributed by atoms with Crippen molar-refractivity contribution in [3.05, 3.63) is 182 Å². The molecular formula is C54H48N4. The Kier molecular flexibility index (Phi) is 7.99. The molecule has 8 aromatic rings. The van der Waals surface area contributed by atoms with Crippen LogP contribution < -0.4 is 19.6 Å². The Morgan fingerprint density at radius 3 is 1.02 bits per heavy atom. The highest BCUT2D eigenvalue weighted by molar-refractivity contribution is 6.09. The third-order valence-electron chi connectivity index (χ3n) is 13.9. The van der Waals surface area contributed by atoms with Crippen LogP contribution in [0.15, 0.2) is 182 Å². The van der Waals surface area contributed by atoms with Gasteiger partial charge in [0.2, 0.25) is 0 Å². The molecule has 0 N–H and O–H groups in total. The highest BCUT2D eigenvalue weighted by Crippen LogP contribution is 2.52. The van der Waals surface area contributed by atoms with Gasteiger partial charge in [-0.15, -0.1) is 0 Å². The van der Waals surface area contributed by atoms with Gasteiger partial charge in [0, 0.05) is 22.7 Å². The molecule has 4 nitrogen and oxygen atoms in total. The summed E-state index contributed by atoms with van der Waals surface area (Å²) in [7, 11) is 0. The second-order valence-electron chi connectivity index (χ2n) is 17.0. The van der Waals surface area contributed by atoms with Gasteiger partial charge in [-0.05, 0) is 117 Å². The van der Waals surface area contributed by atoms with E-state index in [0.29, 0.717) is 24.2 Å². The quantitative estimate of drug-likeness (QED) is 0.166. The fourth-order valence-electron chi connectivity index (χ4n) is 11.4. The summed E-state index contributed by atoms with van der Waals surface area (Å²) in [6.07, 6.45) is 9.68. The third-order valence-corrected chi connectivity index (χ3v) is 13.9. The molecule has 4 aliphatic rings. The molecule has 4 heteroatoms. The van der Waals surface area contributed by atoms with Gasteiger partial charge in [0.1, 0.15) is 0 Å². The van der Waals surface area contributed by atoms with E-state index in [4.69, 9.17) is 0 Å². The fraction of sp³-hybridized carbons (Fsp3) is 0.222. The average Bonchev–Trinajstić information content (AvgIpc) is 3.82. The molecule has 284 valence electrons. The van der Waals surface area contributed by atoms with E-state index in [1.54, 1.807) is 0 Å². The van der Waals surface area contributed by atoms with E-state index in [1.165, 1.54) is 116 Å². The number of benzene rings is 8. The largest absolute Gasteiger partial charge is 0.320 e. The summed E-state index contributed by atoms with van der Waals surface area (Å²) in [6, 6.07) is 65.6. The molecule has 2 heterocycles. The van der Waals surface area contributed by atoms with Gasteiger partial charge < -0.3 is 19.6 Å². The first-order chi connectivity index (χ1) is 28.8. The maximum atomic E-state index is 2.81. The Morgan fingerprint density at radius 2 is 0.603 bits per heavy atom. The van der Waals surface area contributed by atoms with Gasteiger partial charge in [0.25, 0.3) is 0 Å². The van der Waals surface area contributed by atoms with Crippen molar-refractivity contribution in [2.24, 2.45) is 0 Å². The van der Waals surface area contributed by atoms with Crippen molar-refractivity contribution in [1.29, 1.82) is 0 Å². The van der Waals surface area contributed by atoms with Crippen LogP contribution in [-0.2, 0) is 0 Å². The molecule has 0 aromatic heterocycles. The smallest absolute Gasteiger partial charge is 0.156 e. The molecule has 2 saturated carbocycles. The number of hydrogen-bond acceptors (Lipinski definition) is 4. The van der Waals surface area contributed by atoms with E-state index in [9.17, 15) is 0 Å². The SMILES string of the molecule is c1ccc(N2C(=C3N(c4ccc5c(ccc6ccccc65)c4)C4CCCCC4N3c3ccc4c(ccc5ccccc54)c3)N(c3ccccc3)C3CCCCC32)cc1. The van der Waals surface area contributed by atoms with Crippen LogP contribution in [0.1, 0.15) is 51.4 Å². The molecule has 0 amide bonds. The van der Waals surface area contributed by atoms with Gasteiger partial charge in [-0.1, -0.05) is 147 Å². The molecule has 0 radical (unpaired) electrons. The van der Waals surface area contributed by atoms with E-state index in [-0.39, 0.29) is 0 Å². The van der Waals surface area contributed by atoms with Crippen molar-refractivity contribution in [2.75, 3.05) is 19.6 Å². The fourth-order valence-corrected chi connectivity index (χ4v) is 11.4. The molecule has 2 aliphatic heterocycles. The summed E-state index contributed by atoms with van der Waals surface area (Å²) < 4.78 is 0. The van der Waals surface area contributed by atoms with Gasteiger partial charge >= 0.3 is 0 Å². The van der Waals surface area contributed by atoms with E-state index in [0.717, 1.165) is 12.8 Å². The molecule has 0 bridgehead atoms. The molecule has 4 fully saturated rings. The van der Waals surface area contributed by atoms with Crippen molar-refractivity contribution in [2.45, 2.75) is 75.5 Å². The Labute approximate surface area is 341 Å². The molecule has 12 rings (SSSR count). The van der Waals surface area contributed by atoms with E-state index in [2.05, 4.69) is 189 Å². The number of rotatable bonds is 4. The lowest BCUT2D eigenvalue weighted by atomic mass is 9.89. The van der Waals surface area contributed by atoms with Gasteiger partial charge in [0.05, 0.1) is 24.2 Å². The molecule has 4 atom stereocenters. The third kappa shape index (κ3) is 5.27. The first-order valence-corrected chi connectivity index (χ1v) is 21.6. The first kappa shape index (κ1) is 33.8. The summed E-state index contributed by atoms with van der Waals surface area (Å²) in [4.78, 5) is 11.2. The summed E-state index contributed by atoms with van der Waals surface area (Å²) in [5, 5.41) is 10.4. The monoisotopic (exact) mass is 752 g/mol. The van der Waals surface area contributed by atoms with Crippen LogP contribution in [0.25, 0.3) is 43.1 Å². The highest BCUT2D eigenvalue weighted by Gasteiger charge is 2.53. The summed E-state index contributed by atoms with van der Waals surface area (Å²) in [5.74, 6) is 2.64. The molecule has 2 saturated heterocycles. The number of fused-ring (bicyclic) bond motifs is 8. The summed E-state index contributed by atoms with van der Waals surface area (Å²) in [6.45, 7) is 0. The van der Waals surface area contributed by atoms with Crippen LogP contribution >= 0.6 is 0 Å². The topological polar surface area (TPSA) is 13.0 Å². The van der Waals surface area contributed by atoms with Crippen LogP contribution in [0.2, 0.25) is 0 Å². The number of anilines is 4. The number of para-hydroxylation sites is 2. The number of hydrogen-bond donors (Lipinski definition) is 0. The van der Waals surface area contributed by atoms with Crippen molar-refractivity contribution >= 4 is 65.8 Å². The molecule has 0 spiro atoms. The first-order valence-electron chi connectivity index (χ1n) is 21.6. The second kappa shape index (κ2) is 13.7. The van der Waals surface area contributed by atoms with Crippen molar-refractivity contribution in [3.63, 3.8) is 0 Å². The Morgan fingerprint density at radius 1 is 0.276 bits per heavy atom. The van der Waals surface area contributed by atoms with Gasteiger partial charge in [-0.3, -0.25) is 0 Å². The van der Waals surface area contributed by atoms with E-state index >= 15 is 0 Å². The predicted molar refractivity (Wildman–Crippen MR) is 245 cm³/mol. The summed E-state index contributed by atoms with van der Waals surface area (Å²) >= 11 is 0.